The predicted octanol–water partition coefficient (Wildman–Crippen LogP) is 3.35. The Kier molecular flexibility index (Phi) is 2.78. The molecule has 2 rings (SSSR count). The molecular formula is C12H13ClN2. The van der Waals surface area contributed by atoms with E-state index in [2.05, 4.69) is 42.2 Å². The van der Waals surface area contributed by atoms with Gasteiger partial charge in [-0.1, -0.05) is 23.8 Å². The van der Waals surface area contributed by atoms with E-state index in [0.717, 1.165) is 11.1 Å². The first-order valence-corrected chi connectivity index (χ1v) is 5.32. The van der Waals surface area contributed by atoms with Gasteiger partial charge in [-0.15, -0.1) is 11.6 Å². The minimum atomic E-state index is -0.122. The summed E-state index contributed by atoms with van der Waals surface area (Å²) in [5.74, 6) is 0. The Morgan fingerprint density at radius 3 is 2.80 bits per heavy atom. The van der Waals surface area contributed by atoms with E-state index in [9.17, 15) is 0 Å². The van der Waals surface area contributed by atoms with Gasteiger partial charge in [-0.3, -0.25) is 5.10 Å². The second kappa shape index (κ2) is 4.07. The Hall–Kier alpha value is -1.28. The molecule has 0 radical (unpaired) electrons. The molecule has 3 heteroatoms. The molecule has 0 amide bonds. The molecule has 1 heterocycles. The molecule has 0 aliphatic carbocycles. The topological polar surface area (TPSA) is 28.7 Å². The number of nitrogens with one attached hydrogen (secondary N) is 1. The van der Waals surface area contributed by atoms with Crippen molar-refractivity contribution in [1.29, 1.82) is 0 Å². The van der Waals surface area contributed by atoms with Crippen LogP contribution in [0.5, 0.6) is 0 Å². The van der Waals surface area contributed by atoms with Crippen molar-refractivity contribution in [3.63, 3.8) is 0 Å². The number of aromatic nitrogens is 2. The Morgan fingerprint density at radius 1 is 1.33 bits per heavy atom. The van der Waals surface area contributed by atoms with E-state index in [-0.39, 0.29) is 5.38 Å². The van der Waals surface area contributed by atoms with E-state index >= 15 is 0 Å². The van der Waals surface area contributed by atoms with Gasteiger partial charge in [0.1, 0.15) is 0 Å². The van der Waals surface area contributed by atoms with Crippen LogP contribution < -0.4 is 0 Å². The number of hydrogen-bond acceptors (Lipinski definition) is 1. The summed E-state index contributed by atoms with van der Waals surface area (Å²) in [7, 11) is 0. The zero-order valence-corrected chi connectivity index (χ0v) is 9.55. The van der Waals surface area contributed by atoms with Crippen LogP contribution >= 0.6 is 11.6 Å². The molecule has 1 N–H and O–H groups in total. The van der Waals surface area contributed by atoms with Crippen molar-refractivity contribution >= 4 is 11.6 Å². The molecule has 1 unspecified atom stereocenters. The highest BCUT2D eigenvalue weighted by Gasteiger charge is 2.13. The molecule has 0 saturated heterocycles. The van der Waals surface area contributed by atoms with E-state index in [1.807, 2.05) is 6.20 Å². The van der Waals surface area contributed by atoms with Crippen LogP contribution in [0, 0.1) is 13.8 Å². The normalized spacial score (nSPS) is 12.7. The van der Waals surface area contributed by atoms with Crippen LogP contribution in [-0.4, -0.2) is 10.2 Å². The lowest BCUT2D eigenvalue weighted by Crippen LogP contribution is -1.95. The van der Waals surface area contributed by atoms with Crippen molar-refractivity contribution in [3.8, 4) is 0 Å². The molecular weight excluding hydrogens is 208 g/mol. The Morgan fingerprint density at radius 2 is 2.13 bits per heavy atom. The third kappa shape index (κ3) is 2.05. The number of H-pyrrole nitrogens is 1. The van der Waals surface area contributed by atoms with Gasteiger partial charge in [0.2, 0.25) is 0 Å². The van der Waals surface area contributed by atoms with Crippen molar-refractivity contribution in [2.45, 2.75) is 19.2 Å². The maximum absolute atomic E-state index is 6.39. The van der Waals surface area contributed by atoms with Crippen LogP contribution in [0.1, 0.15) is 27.6 Å². The minimum Gasteiger partial charge on any atom is -0.285 e. The lowest BCUT2D eigenvalue weighted by molar-refractivity contribution is 1.09. The fourth-order valence-electron chi connectivity index (χ4n) is 1.61. The van der Waals surface area contributed by atoms with Crippen LogP contribution in [0.4, 0.5) is 0 Å². The molecule has 0 spiro atoms. The average molecular weight is 221 g/mol. The third-order valence-electron chi connectivity index (χ3n) is 2.52. The molecule has 0 fully saturated rings. The van der Waals surface area contributed by atoms with E-state index in [0.29, 0.717) is 0 Å². The fourth-order valence-corrected chi connectivity index (χ4v) is 1.97. The monoisotopic (exact) mass is 220 g/mol. The van der Waals surface area contributed by atoms with Crippen LogP contribution in [0.2, 0.25) is 0 Å². The largest absolute Gasteiger partial charge is 0.285 e. The van der Waals surface area contributed by atoms with Crippen molar-refractivity contribution in [2.75, 3.05) is 0 Å². The highest BCUT2D eigenvalue weighted by molar-refractivity contribution is 6.22. The van der Waals surface area contributed by atoms with Crippen molar-refractivity contribution in [1.82, 2.24) is 10.2 Å². The van der Waals surface area contributed by atoms with Gasteiger partial charge in [0.25, 0.3) is 0 Å². The second-order valence-electron chi connectivity index (χ2n) is 3.75. The molecule has 1 atom stereocenters. The van der Waals surface area contributed by atoms with Crippen molar-refractivity contribution in [3.05, 3.63) is 52.8 Å². The van der Waals surface area contributed by atoms with E-state index in [1.165, 1.54) is 11.1 Å². The number of nitrogens with zero attached hydrogens (tertiary/aromatic N) is 1. The molecule has 2 aromatic rings. The summed E-state index contributed by atoms with van der Waals surface area (Å²) in [6, 6.07) is 6.32. The zero-order chi connectivity index (χ0) is 10.8. The van der Waals surface area contributed by atoms with E-state index in [1.54, 1.807) is 6.20 Å². The SMILES string of the molecule is Cc1ccc(C)c(C(Cl)c2cn[nH]c2)c1. The minimum absolute atomic E-state index is 0.122. The summed E-state index contributed by atoms with van der Waals surface area (Å²) < 4.78 is 0. The van der Waals surface area contributed by atoms with Gasteiger partial charge >= 0.3 is 0 Å². The molecule has 0 aliphatic rings. The van der Waals surface area contributed by atoms with Gasteiger partial charge < -0.3 is 0 Å². The Bertz CT molecular complexity index is 449. The summed E-state index contributed by atoms with van der Waals surface area (Å²) in [6.45, 7) is 4.14. The lowest BCUT2D eigenvalue weighted by Gasteiger charge is -2.11. The van der Waals surface area contributed by atoms with Crippen LogP contribution in [0.15, 0.2) is 30.6 Å². The van der Waals surface area contributed by atoms with Gasteiger partial charge in [0.05, 0.1) is 11.6 Å². The summed E-state index contributed by atoms with van der Waals surface area (Å²) in [5, 5.41) is 6.57. The molecule has 0 saturated carbocycles. The van der Waals surface area contributed by atoms with Crippen molar-refractivity contribution in [2.24, 2.45) is 0 Å². The molecule has 0 aliphatic heterocycles. The maximum atomic E-state index is 6.39. The first-order valence-electron chi connectivity index (χ1n) is 4.88. The van der Waals surface area contributed by atoms with Crippen LogP contribution in [-0.2, 0) is 0 Å². The smallest absolute Gasteiger partial charge is 0.0868 e. The molecule has 1 aromatic heterocycles. The Labute approximate surface area is 94.3 Å². The number of hydrogen-bond donors (Lipinski definition) is 1. The third-order valence-corrected chi connectivity index (χ3v) is 3.01. The molecule has 2 nitrogen and oxygen atoms in total. The number of aryl methyl sites for hydroxylation is 2. The number of benzene rings is 1. The average Bonchev–Trinajstić information content (AvgIpc) is 2.74. The number of rotatable bonds is 2. The highest BCUT2D eigenvalue weighted by atomic mass is 35.5. The second-order valence-corrected chi connectivity index (χ2v) is 4.19. The number of halogens is 1. The lowest BCUT2D eigenvalue weighted by atomic mass is 10.00. The van der Waals surface area contributed by atoms with Gasteiger partial charge in [-0.05, 0) is 25.0 Å². The van der Waals surface area contributed by atoms with E-state index < -0.39 is 0 Å². The summed E-state index contributed by atoms with van der Waals surface area (Å²) >= 11 is 6.39. The quantitative estimate of drug-likeness (QED) is 0.773. The zero-order valence-electron chi connectivity index (χ0n) is 8.79. The maximum Gasteiger partial charge on any atom is 0.0868 e. The summed E-state index contributed by atoms with van der Waals surface area (Å²) in [4.78, 5) is 0. The van der Waals surface area contributed by atoms with Crippen molar-refractivity contribution < 1.29 is 0 Å². The molecule has 78 valence electrons. The van der Waals surface area contributed by atoms with Gasteiger partial charge in [-0.25, -0.2) is 0 Å². The predicted molar refractivity (Wildman–Crippen MR) is 62.2 cm³/mol. The molecule has 15 heavy (non-hydrogen) atoms. The van der Waals surface area contributed by atoms with Gasteiger partial charge in [-0.2, -0.15) is 5.10 Å². The molecule has 0 bridgehead atoms. The summed E-state index contributed by atoms with van der Waals surface area (Å²) in [6.07, 6.45) is 3.60. The summed E-state index contributed by atoms with van der Waals surface area (Å²) in [5.41, 5.74) is 4.59. The van der Waals surface area contributed by atoms with Crippen LogP contribution in [0.25, 0.3) is 0 Å². The van der Waals surface area contributed by atoms with E-state index in [4.69, 9.17) is 11.6 Å². The standard InChI is InChI=1S/C12H13ClN2/c1-8-3-4-9(2)11(5-8)12(13)10-6-14-15-7-10/h3-7,12H,1-2H3,(H,14,15). The number of aromatic amines is 1. The first-order chi connectivity index (χ1) is 7.18. The molecule has 1 aromatic carbocycles. The first kappa shape index (κ1) is 10.2. The highest BCUT2D eigenvalue weighted by Crippen LogP contribution is 2.30. The van der Waals surface area contributed by atoms with Gasteiger partial charge in [0, 0.05) is 11.8 Å². The number of alkyl halides is 1. The van der Waals surface area contributed by atoms with Crippen LogP contribution in [0.3, 0.4) is 0 Å². The fraction of sp³-hybridized carbons (Fsp3) is 0.250. The van der Waals surface area contributed by atoms with Gasteiger partial charge in [0.15, 0.2) is 0 Å². The Balaban J connectivity index is 2.41.